The van der Waals surface area contributed by atoms with Gasteiger partial charge in [-0.25, -0.2) is 0 Å². The maximum absolute atomic E-state index is 5.67. The number of aryl methyl sites for hydroxylation is 1. The zero-order chi connectivity index (χ0) is 13.8. The summed E-state index contributed by atoms with van der Waals surface area (Å²) in [6, 6.07) is 8.38. The van der Waals surface area contributed by atoms with Crippen molar-refractivity contribution in [1.82, 2.24) is 9.78 Å². The molecular formula is C16H19N3O. The molecule has 0 radical (unpaired) electrons. The number of allylic oxidation sites excluding steroid dienone is 1. The Hall–Kier alpha value is -2.23. The quantitative estimate of drug-likeness (QED) is 0.926. The summed E-state index contributed by atoms with van der Waals surface area (Å²) in [4.78, 5) is 0. The molecule has 1 aromatic heterocycles. The zero-order valence-corrected chi connectivity index (χ0v) is 11.7. The fourth-order valence-corrected chi connectivity index (χ4v) is 2.28. The van der Waals surface area contributed by atoms with Gasteiger partial charge in [0.05, 0.1) is 12.8 Å². The summed E-state index contributed by atoms with van der Waals surface area (Å²) in [5, 5.41) is 7.55. The van der Waals surface area contributed by atoms with Crippen LogP contribution in [-0.2, 0) is 18.3 Å². The number of nitrogens with one attached hydrogen (secondary N) is 1. The predicted molar refractivity (Wildman–Crippen MR) is 80.1 cm³/mol. The van der Waals surface area contributed by atoms with Crippen LogP contribution in [0.4, 0.5) is 5.69 Å². The van der Waals surface area contributed by atoms with Crippen molar-refractivity contribution in [1.29, 1.82) is 0 Å². The van der Waals surface area contributed by atoms with E-state index < -0.39 is 0 Å². The molecule has 3 rings (SSSR count). The van der Waals surface area contributed by atoms with Gasteiger partial charge in [0.15, 0.2) is 0 Å². The van der Waals surface area contributed by atoms with Gasteiger partial charge in [-0.2, -0.15) is 5.10 Å². The molecule has 0 atom stereocenters. The highest BCUT2D eigenvalue weighted by Crippen LogP contribution is 2.22. The summed E-state index contributed by atoms with van der Waals surface area (Å²) in [6.07, 6.45) is 8.29. The van der Waals surface area contributed by atoms with Gasteiger partial charge in [0.2, 0.25) is 0 Å². The van der Waals surface area contributed by atoms with Crippen LogP contribution in [0.2, 0.25) is 0 Å². The topological polar surface area (TPSA) is 39.1 Å². The fourth-order valence-electron chi connectivity index (χ4n) is 2.28. The largest absolute Gasteiger partial charge is 0.493 e. The third-order valence-electron chi connectivity index (χ3n) is 3.36. The lowest BCUT2D eigenvalue weighted by Gasteiger charge is -2.15. The van der Waals surface area contributed by atoms with Crippen molar-refractivity contribution in [3.05, 3.63) is 53.9 Å². The average molecular weight is 269 g/mol. The van der Waals surface area contributed by atoms with Gasteiger partial charge in [-0.15, -0.1) is 0 Å². The second-order valence-corrected chi connectivity index (χ2v) is 5.01. The summed E-state index contributed by atoms with van der Waals surface area (Å²) in [6.45, 7) is 1.61. The van der Waals surface area contributed by atoms with Gasteiger partial charge in [-0.05, 0) is 43.2 Å². The predicted octanol–water partition coefficient (Wildman–Crippen LogP) is 3.18. The molecule has 0 saturated carbocycles. The molecule has 0 bridgehead atoms. The highest BCUT2D eigenvalue weighted by atomic mass is 16.5. The molecule has 1 aliphatic heterocycles. The number of ether oxygens (including phenoxy) is 1. The normalized spacial score (nSPS) is 14.6. The van der Waals surface area contributed by atoms with Gasteiger partial charge >= 0.3 is 0 Å². The van der Waals surface area contributed by atoms with Crippen molar-refractivity contribution in [3.8, 4) is 0 Å². The fraction of sp³-hybridized carbons (Fsp3) is 0.312. The van der Waals surface area contributed by atoms with E-state index in [1.807, 2.05) is 24.1 Å². The Balaban J connectivity index is 1.62. The van der Waals surface area contributed by atoms with E-state index in [0.29, 0.717) is 0 Å². The van der Waals surface area contributed by atoms with E-state index >= 15 is 0 Å². The summed E-state index contributed by atoms with van der Waals surface area (Å²) in [7, 11) is 1.93. The Morgan fingerprint density at radius 1 is 1.30 bits per heavy atom. The lowest BCUT2D eigenvalue weighted by atomic mass is 10.1. The first-order valence-corrected chi connectivity index (χ1v) is 6.96. The van der Waals surface area contributed by atoms with E-state index in [1.54, 1.807) is 0 Å². The maximum atomic E-state index is 5.67. The number of nitrogens with zero attached hydrogens (tertiary/aromatic N) is 2. The van der Waals surface area contributed by atoms with Gasteiger partial charge in [0, 0.05) is 36.6 Å². The van der Waals surface area contributed by atoms with Gasteiger partial charge in [-0.1, -0.05) is 0 Å². The van der Waals surface area contributed by atoms with Crippen LogP contribution in [0.3, 0.4) is 0 Å². The first-order valence-electron chi connectivity index (χ1n) is 6.96. The second kappa shape index (κ2) is 5.82. The van der Waals surface area contributed by atoms with E-state index in [2.05, 4.69) is 40.8 Å². The van der Waals surface area contributed by atoms with Crippen LogP contribution in [0.5, 0.6) is 0 Å². The number of rotatable bonds is 4. The van der Waals surface area contributed by atoms with Crippen LogP contribution in [-0.4, -0.2) is 16.4 Å². The SMILES string of the molecule is Cn1cc(CNc2ccc(C3=CCCCO3)cc2)cn1. The highest BCUT2D eigenvalue weighted by molar-refractivity contribution is 5.62. The Morgan fingerprint density at radius 3 is 2.80 bits per heavy atom. The second-order valence-electron chi connectivity index (χ2n) is 5.01. The van der Waals surface area contributed by atoms with Crippen molar-refractivity contribution < 1.29 is 4.74 Å². The van der Waals surface area contributed by atoms with Crippen LogP contribution >= 0.6 is 0 Å². The molecule has 20 heavy (non-hydrogen) atoms. The smallest absolute Gasteiger partial charge is 0.122 e. The monoisotopic (exact) mass is 269 g/mol. The van der Waals surface area contributed by atoms with Crippen molar-refractivity contribution >= 4 is 11.4 Å². The standard InChI is InChI=1S/C16H19N3O/c1-19-12-13(11-18-19)10-17-15-7-5-14(6-8-15)16-4-2-3-9-20-16/h4-8,11-12,17H,2-3,9-10H2,1H3. The number of aromatic nitrogens is 2. The minimum Gasteiger partial charge on any atom is -0.493 e. The van der Waals surface area contributed by atoms with E-state index in [9.17, 15) is 0 Å². The number of hydrogen-bond acceptors (Lipinski definition) is 3. The van der Waals surface area contributed by atoms with Crippen LogP contribution < -0.4 is 5.32 Å². The minimum atomic E-state index is 0.784. The highest BCUT2D eigenvalue weighted by Gasteiger charge is 2.06. The molecular weight excluding hydrogens is 250 g/mol. The summed E-state index contributed by atoms with van der Waals surface area (Å²) in [5.41, 5.74) is 3.43. The number of hydrogen-bond donors (Lipinski definition) is 1. The summed E-state index contributed by atoms with van der Waals surface area (Å²) >= 11 is 0. The molecule has 0 fully saturated rings. The van der Waals surface area contributed by atoms with Gasteiger partial charge in [0.25, 0.3) is 0 Å². The first kappa shape index (κ1) is 12.8. The molecule has 4 nitrogen and oxygen atoms in total. The van der Waals surface area contributed by atoms with Crippen LogP contribution in [0.15, 0.2) is 42.7 Å². The third kappa shape index (κ3) is 3.02. The van der Waals surface area contributed by atoms with E-state index in [-0.39, 0.29) is 0 Å². The molecule has 0 spiro atoms. The molecule has 2 heterocycles. The Morgan fingerprint density at radius 2 is 2.15 bits per heavy atom. The van der Waals surface area contributed by atoms with Crippen LogP contribution in [0, 0.1) is 0 Å². The van der Waals surface area contributed by atoms with Gasteiger partial charge in [0.1, 0.15) is 5.76 Å². The Bertz CT molecular complexity index is 598. The first-order chi connectivity index (χ1) is 9.81. The molecule has 1 N–H and O–H groups in total. The molecule has 0 unspecified atom stereocenters. The molecule has 104 valence electrons. The van der Waals surface area contributed by atoms with Crippen LogP contribution in [0.1, 0.15) is 24.0 Å². The van der Waals surface area contributed by atoms with Crippen molar-refractivity contribution in [2.24, 2.45) is 7.05 Å². The van der Waals surface area contributed by atoms with E-state index in [0.717, 1.165) is 43.0 Å². The average Bonchev–Trinajstić information content (AvgIpc) is 2.92. The minimum absolute atomic E-state index is 0.784. The van der Waals surface area contributed by atoms with E-state index in [1.165, 1.54) is 5.56 Å². The molecule has 1 aliphatic rings. The number of benzene rings is 1. The Kier molecular flexibility index (Phi) is 3.72. The third-order valence-corrected chi connectivity index (χ3v) is 3.36. The van der Waals surface area contributed by atoms with Crippen molar-refractivity contribution in [2.75, 3.05) is 11.9 Å². The molecule has 0 aliphatic carbocycles. The molecule has 4 heteroatoms. The molecule has 1 aromatic carbocycles. The van der Waals surface area contributed by atoms with Gasteiger partial charge in [-0.3, -0.25) is 4.68 Å². The molecule has 0 amide bonds. The number of anilines is 1. The van der Waals surface area contributed by atoms with Crippen LogP contribution in [0.25, 0.3) is 5.76 Å². The lowest BCUT2D eigenvalue weighted by molar-refractivity contribution is 0.259. The van der Waals surface area contributed by atoms with Crippen molar-refractivity contribution in [3.63, 3.8) is 0 Å². The summed E-state index contributed by atoms with van der Waals surface area (Å²) in [5.74, 6) is 1.01. The summed E-state index contributed by atoms with van der Waals surface area (Å²) < 4.78 is 7.48. The molecule has 0 saturated heterocycles. The maximum Gasteiger partial charge on any atom is 0.122 e. The Labute approximate surface area is 119 Å². The molecule has 2 aromatic rings. The van der Waals surface area contributed by atoms with E-state index in [4.69, 9.17) is 4.74 Å². The lowest BCUT2D eigenvalue weighted by Crippen LogP contribution is -2.01. The zero-order valence-electron chi connectivity index (χ0n) is 11.7. The van der Waals surface area contributed by atoms with Crippen molar-refractivity contribution in [2.45, 2.75) is 19.4 Å². The van der Waals surface area contributed by atoms with Gasteiger partial charge < -0.3 is 10.1 Å².